The van der Waals surface area contributed by atoms with Crippen molar-refractivity contribution in [3.8, 4) is 5.69 Å². The molecule has 1 aromatic carbocycles. The van der Waals surface area contributed by atoms with Crippen molar-refractivity contribution in [1.82, 2.24) is 9.58 Å². The molecule has 160 valence electrons. The fraction of sp³-hybridized carbons (Fsp3) is 0.273. The van der Waals surface area contributed by atoms with Gasteiger partial charge in [-0.3, -0.25) is 10.2 Å². The van der Waals surface area contributed by atoms with Crippen molar-refractivity contribution in [3.63, 3.8) is 0 Å². The van der Waals surface area contributed by atoms with Crippen LogP contribution in [-0.2, 0) is 4.79 Å². The molecule has 2 aromatic rings. The van der Waals surface area contributed by atoms with Gasteiger partial charge in [0, 0.05) is 33.5 Å². The molecule has 4 rings (SSSR count). The van der Waals surface area contributed by atoms with Crippen LogP contribution in [0.4, 0.5) is 0 Å². The summed E-state index contributed by atoms with van der Waals surface area (Å²) in [5, 5.41) is 16.9. The van der Waals surface area contributed by atoms with Gasteiger partial charge >= 0.3 is 0 Å². The highest BCUT2D eigenvalue weighted by atomic mass is 35.5. The molecule has 1 N–H and O–H groups in total. The number of rotatable bonds is 4. The Morgan fingerprint density at radius 1 is 1.16 bits per heavy atom. The van der Waals surface area contributed by atoms with Crippen LogP contribution < -0.4 is 0 Å². The number of hydrogen-bond donors (Lipinski definition) is 1. The third-order valence-corrected chi connectivity index (χ3v) is 6.32. The Kier molecular flexibility index (Phi) is 5.85. The van der Waals surface area contributed by atoms with E-state index in [4.69, 9.17) is 28.6 Å². The van der Waals surface area contributed by atoms with E-state index in [2.05, 4.69) is 23.9 Å². The van der Waals surface area contributed by atoms with Gasteiger partial charge in [-0.2, -0.15) is 15.1 Å². The van der Waals surface area contributed by atoms with Gasteiger partial charge in [0.05, 0.1) is 5.57 Å². The van der Waals surface area contributed by atoms with E-state index in [0.29, 0.717) is 21.1 Å². The van der Waals surface area contributed by atoms with Crippen molar-refractivity contribution in [2.24, 2.45) is 16.0 Å². The average molecular weight is 474 g/mol. The van der Waals surface area contributed by atoms with E-state index in [-0.39, 0.29) is 11.4 Å². The summed E-state index contributed by atoms with van der Waals surface area (Å²) >= 11 is 13.7. The van der Waals surface area contributed by atoms with E-state index in [9.17, 15) is 4.79 Å². The summed E-state index contributed by atoms with van der Waals surface area (Å²) < 4.78 is 2.01. The van der Waals surface area contributed by atoms with E-state index in [1.54, 1.807) is 12.1 Å². The number of nitrogens with zero attached hydrogens (tertiary/aromatic N) is 4. The highest BCUT2D eigenvalue weighted by Crippen LogP contribution is 2.32. The number of aliphatic imine (C=N–C) groups is 1. The first-order valence-corrected chi connectivity index (χ1v) is 11.4. The molecule has 6 nitrogen and oxygen atoms in total. The lowest BCUT2D eigenvalue weighted by Gasteiger charge is -2.20. The predicted octanol–water partition coefficient (Wildman–Crippen LogP) is 6.07. The van der Waals surface area contributed by atoms with Crippen LogP contribution in [0.2, 0.25) is 10.0 Å². The third-order valence-electron chi connectivity index (χ3n) is 4.95. The number of thioether (sulfide) groups is 1. The first kappa shape index (κ1) is 21.9. The van der Waals surface area contributed by atoms with Gasteiger partial charge in [-0.1, -0.05) is 37.0 Å². The van der Waals surface area contributed by atoms with Crippen molar-refractivity contribution >= 4 is 63.0 Å². The van der Waals surface area contributed by atoms with Crippen molar-refractivity contribution < 1.29 is 4.79 Å². The molecular weight excluding hydrogens is 453 g/mol. The van der Waals surface area contributed by atoms with Gasteiger partial charge in [0.2, 0.25) is 5.17 Å². The number of hydrogen-bond acceptors (Lipinski definition) is 4. The highest BCUT2D eigenvalue weighted by molar-refractivity contribution is 8.26. The molecule has 9 heteroatoms. The number of carbonyl (C=O) groups is 1. The topological polar surface area (TPSA) is 73.8 Å². The van der Waals surface area contributed by atoms with Gasteiger partial charge < -0.3 is 4.57 Å². The minimum atomic E-state index is -0.430. The summed E-state index contributed by atoms with van der Waals surface area (Å²) in [5.74, 6) is 0.0377. The molecule has 0 saturated heterocycles. The van der Waals surface area contributed by atoms with Crippen LogP contribution in [0.5, 0.6) is 0 Å². The molecule has 0 saturated carbocycles. The third kappa shape index (κ3) is 4.22. The van der Waals surface area contributed by atoms with Crippen LogP contribution in [0.25, 0.3) is 11.8 Å². The second kappa shape index (κ2) is 8.30. The van der Waals surface area contributed by atoms with Crippen LogP contribution in [0, 0.1) is 25.2 Å². The van der Waals surface area contributed by atoms with Gasteiger partial charge in [0.25, 0.3) is 5.91 Å². The number of aromatic nitrogens is 1. The number of benzene rings is 1. The fourth-order valence-corrected chi connectivity index (χ4v) is 5.23. The summed E-state index contributed by atoms with van der Waals surface area (Å²) in [4.78, 5) is 16.9. The molecule has 1 aromatic heterocycles. The number of nitrogens with one attached hydrogen (secondary N) is 1. The highest BCUT2D eigenvalue weighted by Gasteiger charge is 2.35. The quantitative estimate of drug-likeness (QED) is 0.547. The standard InChI is InChI=1S/C22H21Cl2N5OS/c1-11(2)5-19-27-29-20(25)18(21(30)26-22(29)31-19)7-14-6-12(3)28(13(14)4)17-9-15(23)8-16(24)10-17/h6-11,25H,5H2,1-4H3/b18-7+,25-20?. The maximum Gasteiger partial charge on any atom is 0.283 e. The minimum absolute atomic E-state index is 0.0388. The molecule has 0 atom stereocenters. The average Bonchev–Trinajstić information content (AvgIpc) is 3.17. The summed E-state index contributed by atoms with van der Waals surface area (Å²) in [6, 6.07) is 7.31. The zero-order valence-electron chi connectivity index (χ0n) is 17.5. The minimum Gasteiger partial charge on any atom is -0.318 e. The number of halogens is 2. The number of fused-ring (bicyclic) bond motifs is 1. The molecule has 1 amide bonds. The zero-order chi connectivity index (χ0) is 22.4. The SMILES string of the molecule is Cc1cc(/C=C2\C(=N)N3N=C(CC(C)C)SC3=NC2=O)c(C)n1-c1cc(Cl)cc(Cl)c1. The lowest BCUT2D eigenvalue weighted by Crippen LogP contribution is -2.35. The normalized spacial score (nSPS) is 17.5. The first-order valence-electron chi connectivity index (χ1n) is 9.78. The molecule has 3 heterocycles. The molecule has 0 spiro atoms. The first-order chi connectivity index (χ1) is 14.6. The van der Waals surface area contributed by atoms with Crippen LogP contribution in [0.3, 0.4) is 0 Å². The molecule has 0 unspecified atom stereocenters. The maximum atomic E-state index is 12.7. The van der Waals surface area contributed by atoms with Crippen molar-refractivity contribution in [1.29, 1.82) is 5.41 Å². The second-order valence-electron chi connectivity index (χ2n) is 7.90. The van der Waals surface area contributed by atoms with Crippen LogP contribution >= 0.6 is 35.0 Å². The Bertz CT molecular complexity index is 1190. The zero-order valence-corrected chi connectivity index (χ0v) is 19.9. The Balaban J connectivity index is 1.72. The number of carbonyl (C=O) groups excluding carboxylic acids is 1. The van der Waals surface area contributed by atoms with Gasteiger partial charge in [0.15, 0.2) is 5.84 Å². The molecule has 0 radical (unpaired) electrons. The summed E-state index contributed by atoms with van der Waals surface area (Å²) in [6.45, 7) is 8.12. The van der Waals surface area contributed by atoms with Crippen molar-refractivity contribution in [3.05, 3.63) is 56.8 Å². The molecule has 0 bridgehead atoms. The Morgan fingerprint density at radius 3 is 2.48 bits per heavy atom. The summed E-state index contributed by atoms with van der Waals surface area (Å²) in [7, 11) is 0. The Hall–Kier alpha value is -2.35. The molecule has 2 aliphatic heterocycles. The van der Waals surface area contributed by atoms with E-state index in [1.165, 1.54) is 16.8 Å². The largest absolute Gasteiger partial charge is 0.318 e. The van der Waals surface area contributed by atoms with Gasteiger partial charge in [-0.05, 0) is 67.4 Å². The summed E-state index contributed by atoms with van der Waals surface area (Å²) in [6.07, 6.45) is 2.49. The molecular formula is C22H21Cl2N5OS. The van der Waals surface area contributed by atoms with Gasteiger partial charge in [0.1, 0.15) is 5.04 Å². The number of amides is 1. The van der Waals surface area contributed by atoms with E-state index >= 15 is 0 Å². The number of hydrazone groups is 1. The van der Waals surface area contributed by atoms with E-state index < -0.39 is 5.91 Å². The van der Waals surface area contributed by atoms with Gasteiger partial charge in [-0.15, -0.1) is 0 Å². The van der Waals surface area contributed by atoms with Crippen LogP contribution in [0.15, 0.2) is 39.9 Å². The monoisotopic (exact) mass is 473 g/mol. The van der Waals surface area contributed by atoms with Crippen molar-refractivity contribution in [2.75, 3.05) is 0 Å². The van der Waals surface area contributed by atoms with Crippen LogP contribution in [0.1, 0.15) is 37.2 Å². The number of aryl methyl sites for hydroxylation is 1. The van der Waals surface area contributed by atoms with Gasteiger partial charge in [-0.25, -0.2) is 0 Å². The molecule has 0 fully saturated rings. The Labute approximate surface area is 195 Å². The second-order valence-corrected chi connectivity index (χ2v) is 9.81. The predicted molar refractivity (Wildman–Crippen MR) is 130 cm³/mol. The smallest absolute Gasteiger partial charge is 0.283 e. The Morgan fingerprint density at radius 2 is 1.84 bits per heavy atom. The number of amidine groups is 2. The van der Waals surface area contributed by atoms with E-state index in [1.807, 2.05) is 36.6 Å². The maximum absolute atomic E-state index is 12.7. The molecule has 2 aliphatic rings. The fourth-order valence-electron chi connectivity index (χ4n) is 3.62. The lowest BCUT2D eigenvalue weighted by molar-refractivity contribution is -0.114. The van der Waals surface area contributed by atoms with Crippen molar-refractivity contribution in [2.45, 2.75) is 34.1 Å². The lowest BCUT2D eigenvalue weighted by atomic mass is 10.1. The summed E-state index contributed by atoms with van der Waals surface area (Å²) in [5.41, 5.74) is 3.72. The molecule has 31 heavy (non-hydrogen) atoms. The van der Waals surface area contributed by atoms with E-state index in [0.717, 1.165) is 34.1 Å². The van der Waals surface area contributed by atoms with Crippen LogP contribution in [-0.4, -0.2) is 31.5 Å². The molecule has 0 aliphatic carbocycles.